The highest BCUT2D eigenvalue weighted by Gasteiger charge is 2.30. The van der Waals surface area contributed by atoms with E-state index >= 15 is 0 Å². The molecule has 2 amide bonds. The van der Waals surface area contributed by atoms with E-state index in [0.29, 0.717) is 25.2 Å². The number of hydrogen-bond acceptors (Lipinski definition) is 8. The lowest BCUT2D eigenvalue weighted by atomic mass is 9.99. The molecule has 0 saturated heterocycles. The van der Waals surface area contributed by atoms with Crippen LogP contribution in [-0.4, -0.2) is 77.6 Å². The minimum atomic E-state index is -1.31. The highest BCUT2D eigenvalue weighted by Crippen LogP contribution is 2.09. The maximum Gasteiger partial charge on any atom is 0.243 e. The third-order valence-corrected chi connectivity index (χ3v) is 5.25. The normalized spacial score (nSPS) is 15.5. The third-order valence-electron chi connectivity index (χ3n) is 4.61. The van der Waals surface area contributed by atoms with Crippen molar-refractivity contribution in [3.8, 4) is 0 Å². The number of carbonyl (C=O) groups is 3. The molecule has 4 unspecified atom stereocenters. The monoisotopic (exact) mass is 477 g/mol. The van der Waals surface area contributed by atoms with Crippen LogP contribution >= 0.6 is 11.8 Å². The van der Waals surface area contributed by atoms with Crippen molar-refractivity contribution < 1.29 is 29.3 Å². The average molecular weight is 478 g/mol. The lowest BCUT2D eigenvalue weighted by Gasteiger charge is -2.27. The van der Waals surface area contributed by atoms with Crippen LogP contribution in [0.1, 0.15) is 54.4 Å². The van der Waals surface area contributed by atoms with Crippen LogP contribution in [0.2, 0.25) is 0 Å². The summed E-state index contributed by atoms with van der Waals surface area (Å²) in [5.74, 6) is -0.617. The Kier molecular flexibility index (Phi) is 15.8. The van der Waals surface area contributed by atoms with E-state index in [2.05, 4.69) is 16.0 Å². The molecule has 0 aromatic heterocycles. The van der Waals surface area contributed by atoms with Gasteiger partial charge in [-0.25, -0.2) is 0 Å². The van der Waals surface area contributed by atoms with Crippen LogP contribution < -0.4 is 16.0 Å². The SMILES string of the molecule is CSCCC(NC(O)OCC(C)C)C(=O)NC(CC(C)C)C(=O)NC(CO)C(=O)C(C)C. The Labute approximate surface area is 196 Å². The summed E-state index contributed by atoms with van der Waals surface area (Å²) in [6.45, 7) is 10.9. The van der Waals surface area contributed by atoms with Crippen LogP contribution in [-0.2, 0) is 19.1 Å². The number of ketones is 1. The lowest BCUT2D eigenvalue weighted by Crippen LogP contribution is -2.57. The van der Waals surface area contributed by atoms with Gasteiger partial charge in [-0.15, -0.1) is 0 Å². The first kappa shape index (κ1) is 30.8. The first-order valence-corrected chi connectivity index (χ1v) is 12.6. The van der Waals surface area contributed by atoms with E-state index in [-0.39, 0.29) is 23.5 Å². The van der Waals surface area contributed by atoms with Crippen molar-refractivity contribution >= 4 is 29.4 Å². The summed E-state index contributed by atoms with van der Waals surface area (Å²) in [5, 5.41) is 27.7. The summed E-state index contributed by atoms with van der Waals surface area (Å²) < 4.78 is 5.31. The third kappa shape index (κ3) is 12.7. The molecule has 32 heavy (non-hydrogen) atoms. The van der Waals surface area contributed by atoms with Gasteiger partial charge in [-0.05, 0) is 36.7 Å². The van der Waals surface area contributed by atoms with Gasteiger partial charge >= 0.3 is 0 Å². The van der Waals surface area contributed by atoms with Crippen molar-refractivity contribution in [3.05, 3.63) is 0 Å². The highest BCUT2D eigenvalue weighted by atomic mass is 32.2. The summed E-state index contributed by atoms with van der Waals surface area (Å²) in [5.41, 5.74) is 0. The second-order valence-electron chi connectivity index (χ2n) is 9.07. The fourth-order valence-corrected chi connectivity index (χ4v) is 3.36. The van der Waals surface area contributed by atoms with Crippen molar-refractivity contribution in [2.45, 2.75) is 78.9 Å². The van der Waals surface area contributed by atoms with Gasteiger partial charge in [0.15, 0.2) is 5.78 Å². The molecule has 9 nitrogen and oxygen atoms in total. The number of thioether (sulfide) groups is 1. The molecule has 4 atom stereocenters. The zero-order valence-corrected chi connectivity index (χ0v) is 21.3. The first-order valence-electron chi connectivity index (χ1n) is 11.2. The molecule has 5 N–H and O–H groups in total. The summed E-state index contributed by atoms with van der Waals surface area (Å²) in [6, 6.07) is -2.67. The second kappa shape index (κ2) is 16.4. The van der Waals surface area contributed by atoms with Crippen LogP contribution in [0.5, 0.6) is 0 Å². The van der Waals surface area contributed by atoms with Crippen LogP contribution in [0.4, 0.5) is 0 Å². The Morgan fingerprint density at radius 1 is 0.906 bits per heavy atom. The zero-order valence-electron chi connectivity index (χ0n) is 20.5. The summed E-state index contributed by atoms with van der Waals surface area (Å²) in [7, 11) is 0. The highest BCUT2D eigenvalue weighted by molar-refractivity contribution is 7.98. The molecule has 0 spiro atoms. The molecule has 0 aromatic rings. The van der Waals surface area contributed by atoms with E-state index in [9.17, 15) is 24.6 Å². The van der Waals surface area contributed by atoms with Gasteiger partial charge in [0.05, 0.1) is 19.3 Å². The van der Waals surface area contributed by atoms with Crippen molar-refractivity contribution in [1.29, 1.82) is 0 Å². The van der Waals surface area contributed by atoms with Gasteiger partial charge in [0.2, 0.25) is 18.2 Å². The smallest absolute Gasteiger partial charge is 0.243 e. The second-order valence-corrected chi connectivity index (χ2v) is 10.1. The van der Waals surface area contributed by atoms with E-state index in [1.165, 1.54) is 0 Å². The molecule has 0 bridgehead atoms. The van der Waals surface area contributed by atoms with Crippen molar-refractivity contribution in [2.75, 3.05) is 25.2 Å². The van der Waals surface area contributed by atoms with Crippen molar-refractivity contribution in [2.24, 2.45) is 17.8 Å². The summed E-state index contributed by atoms with van der Waals surface area (Å²) in [4.78, 5) is 38.0. The Balaban J connectivity index is 5.32. The summed E-state index contributed by atoms with van der Waals surface area (Å²) >= 11 is 1.56. The largest absolute Gasteiger partial charge is 0.394 e. The number of hydrogen-bond donors (Lipinski definition) is 5. The minimum absolute atomic E-state index is 0.0944. The van der Waals surface area contributed by atoms with Gasteiger partial charge < -0.3 is 25.6 Å². The lowest BCUT2D eigenvalue weighted by molar-refractivity contribution is -0.145. The molecule has 0 aliphatic heterocycles. The van der Waals surface area contributed by atoms with Gasteiger partial charge in [0, 0.05) is 5.92 Å². The fourth-order valence-electron chi connectivity index (χ4n) is 2.89. The van der Waals surface area contributed by atoms with Crippen LogP contribution in [0.25, 0.3) is 0 Å². The molecule has 188 valence electrons. The molecule has 0 aromatic carbocycles. The van der Waals surface area contributed by atoms with E-state index in [1.54, 1.807) is 25.6 Å². The van der Waals surface area contributed by atoms with E-state index in [4.69, 9.17) is 4.74 Å². The molecule has 0 saturated carbocycles. The fraction of sp³-hybridized carbons (Fsp3) is 0.864. The number of rotatable bonds is 17. The number of carbonyl (C=O) groups excluding carboxylic acids is 3. The predicted octanol–water partition coefficient (Wildman–Crippen LogP) is 0.879. The maximum absolute atomic E-state index is 13.0. The molecule has 0 radical (unpaired) electrons. The van der Waals surface area contributed by atoms with Gasteiger partial charge in [-0.1, -0.05) is 41.5 Å². The standard InChI is InChI=1S/C22H43N3O6S/c1-13(2)10-17(21(29)24-18(11-26)19(27)15(5)6)23-20(28)16(8-9-32-7)25-22(30)31-12-14(3)4/h13-18,22,25-26,30H,8-12H2,1-7H3,(H,23,28)(H,24,29). The summed E-state index contributed by atoms with van der Waals surface area (Å²) in [6.07, 6.45) is 1.38. The predicted molar refractivity (Wildman–Crippen MR) is 127 cm³/mol. The van der Waals surface area contributed by atoms with Gasteiger partial charge in [-0.3, -0.25) is 19.7 Å². The minimum Gasteiger partial charge on any atom is -0.394 e. The molecule has 0 aliphatic carbocycles. The Morgan fingerprint density at radius 2 is 1.47 bits per heavy atom. The quantitative estimate of drug-likeness (QED) is 0.195. The van der Waals surface area contributed by atoms with Crippen LogP contribution in [0.3, 0.4) is 0 Å². The molecule has 0 rings (SSSR count). The zero-order chi connectivity index (χ0) is 24.8. The number of nitrogens with one attached hydrogen (secondary N) is 3. The average Bonchev–Trinajstić information content (AvgIpc) is 2.71. The van der Waals surface area contributed by atoms with E-state index < -0.39 is 43.0 Å². The van der Waals surface area contributed by atoms with E-state index in [0.717, 1.165) is 0 Å². The molecule has 0 aliphatic rings. The topological polar surface area (TPSA) is 137 Å². The molecular weight excluding hydrogens is 434 g/mol. The van der Waals surface area contributed by atoms with Gasteiger partial charge in [-0.2, -0.15) is 11.8 Å². The van der Waals surface area contributed by atoms with Crippen LogP contribution in [0.15, 0.2) is 0 Å². The first-order chi connectivity index (χ1) is 14.9. The maximum atomic E-state index is 13.0. The molecule has 10 heteroatoms. The van der Waals surface area contributed by atoms with Gasteiger partial charge in [0.25, 0.3) is 0 Å². The Morgan fingerprint density at radius 3 is 1.94 bits per heavy atom. The number of aliphatic hydroxyl groups excluding tert-OH is 2. The molecular formula is C22H43N3O6S. The number of Topliss-reactive ketones (excluding diaryl/α,β-unsaturated/α-hetero) is 1. The number of amides is 2. The van der Waals surface area contributed by atoms with Crippen molar-refractivity contribution in [3.63, 3.8) is 0 Å². The Hall–Kier alpha value is -1.20. The van der Waals surface area contributed by atoms with Crippen LogP contribution in [0, 0.1) is 17.8 Å². The number of ether oxygens (including phenoxy) is 1. The van der Waals surface area contributed by atoms with E-state index in [1.807, 2.05) is 34.0 Å². The number of aliphatic hydroxyl groups is 2. The van der Waals surface area contributed by atoms with Gasteiger partial charge in [0.1, 0.15) is 12.1 Å². The Bertz CT molecular complexity index is 574. The van der Waals surface area contributed by atoms with Crippen molar-refractivity contribution in [1.82, 2.24) is 16.0 Å². The molecule has 0 fully saturated rings. The molecule has 0 heterocycles.